The Kier molecular flexibility index (Phi) is 2.93. The third-order valence-corrected chi connectivity index (χ3v) is 3.47. The molecule has 1 amide bonds. The van der Waals surface area contributed by atoms with E-state index >= 15 is 0 Å². The maximum atomic E-state index is 11.8. The van der Waals surface area contributed by atoms with Crippen molar-refractivity contribution in [3.05, 3.63) is 35.6 Å². The van der Waals surface area contributed by atoms with Crippen molar-refractivity contribution in [1.82, 2.24) is 15.3 Å². The van der Waals surface area contributed by atoms with E-state index in [2.05, 4.69) is 20.6 Å². The highest BCUT2D eigenvalue weighted by Gasteiger charge is 2.24. The Hall–Kier alpha value is -1.95. The second-order valence-electron chi connectivity index (χ2n) is 4.14. The highest BCUT2D eigenvalue weighted by Crippen LogP contribution is 2.24. The van der Waals surface area contributed by atoms with Crippen LogP contribution in [0.1, 0.15) is 22.5 Å². The van der Waals surface area contributed by atoms with Gasteiger partial charge < -0.3 is 10.6 Å². The van der Waals surface area contributed by atoms with E-state index in [-0.39, 0.29) is 5.91 Å². The van der Waals surface area contributed by atoms with Crippen LogP contribution in [0.4, 0.5) is 10.8 Å². The highest BCUT2D eigenvalue weighted by atomic mass is 32.1. The molecular weight excluding hydrogens is 248 g/mol. The zero-order valence-electron chi connectivity index (χ0n) is 9.59. The largest absolute Gasteiger partial charge is 0.349 e. The zero-order chi connectivity index (χ0) is 12.4. The highest BCUT2D eigenvalue weighted by molar-refractivity contribution is 7.17. The maximum Gasteiger partial charge on any atom is 0.263 e. The number of pyridine rings is 1. The van der Waals surface area contributed by atoms with E-state index in [1.807, 2.05) is 12.1 Å². The Morgan fingerprint density at radius 1 is 1.39 bits per heavy atom. The molecule has 6 heteroatoms. The lowest BCUT2D eigenvalue weighted by atomic mass is 10.4. The number of hydrogen-bond acceptors (Lipinski definition) is 5. The normalized spacial score (nSPS) is 14.2. The van der Waals surface area contributed by atoms with Gasteiger partial charge in [-0.05, 0) is 25.0 Å². The summed E-state index contributed by atoms with van der Waals surface area (Å²) in [6.45, 7) is 0. The van der Waals surface area contributed by atoms with E-state index < -0.39 is 0 Å². The van der Waals surface area contributed by atoms with E-state index in [0.717, 1.165) is 18.5 Å². The van der Waals surface area contributed by atoms with Crippen LogP contribution in [0.15, 0.2) is 30.7 Å². The van der Waals surface area contributed by atoms with Crippen molar-refractivity contribution in [3.8, 4) is 0 Å². The molecule has 0 atom stereocenters. The Bertz CT molecular complexity index is 550. The average Bonchev–Trinajstić information content (AvgIpc) is 3.07. The van der Waals surface area contributed by atoms with Crippen molar-refractivity contribution in [2.45, 2.75) is 18.9 Å². The smallest absolute Gasteiger partial charge is 0.263 e. The van der Waals surface area contributed by atoms with Crippen LogP contribution in [-0.2, 0) is 0 Å². The van der Waals surface area contributed by atoms with Crippen molar-refractivity contribution in [1.29, 1.82) is 0 Å². The molecule has 2 aromatic rings. The fraction of sp³-hybridized carbons (Fsp3) is 0.250. The molecule has 0 radical (unpaired) electrons. The van der Waals surface area contributed by atoms with Crippen molar-refractivity contribution in [3.63, 3.8) is 0 Å². The first-order chi connectivity index (χ1) is 8.81. The van der Waals surface area contributed by atoms with Crippen LogP contribution in [0.5, 0.6) is 0 Å². The Balaban J connectivity index is 1.67. The van der Waals surface area contributed by atoms with Gasteiger partial charge in [-0.25, -0.2) is 4.98 Å². The number of aromatic nitrogens is 2. The van der Waals surface area contributed by atoms with Crippen molar-refractivity contribution in [2.75, 3.05) is 5.32 Å². The number of anilines is 2. The predicted octanol–water partition coefficient (Wildman–Crippen LogP) is 2.17. The number of carbonyl (C=O) groups excluding carboxylic acids is 1. The number of nitrogens with zero attached hydrogens (tertiary/aromatic N) is 2. The summed E-state index contributed by atoms with van der Waals surface area (Å²) in [6.07, 6.45) is 7.20. The monoisotopic (exact) mass is 260 g/mol. The molecule has 2 heterocycles. The molecule has 0 saturated heterocycles. The number of hydrogen-bond donors (Lipinski definition) is 2. The van der Waals surface area contributed by atoms with Crippen LogP contribution in [0, 0.1) is 0 Å². The van der Waals surface area contributed by atoms with Gasteiger partial charge in [0.15, 0.2) is 5.13 Å². The molecule has 0 unspecified atom stereocenters. The first-order valence-electron chi connectivity index (χ1n) is 5.75. The van der Waals surface area contributed by atoms with Crippen LogP contribution in [0.25, 0.3) is 0 Å². The minimum Gasteiger partial charge on any atom is -0.349 e. The van der Waals surface area contributed by atoms with E-state index in [1.165, 1.54) is 11.3 Å². The van der Waals surface area contributed by atoms with E-state index in [9.17, 15) is 4.79 Å². The maximum absolute atomic E-state index is 11.8. The summed E-state index contributed by atoms with van der Waals surface area (Å²) in [5.74, 6) is -0.0331. The minimum absolute atomic E-state index is 0.0331. The van der Waals surface area contributed by atoms with Gasteiger partial charge in [-0.1, -0.05) is 11.3 Å². The van der Waals surface area contributed by atoms with Crippen LogP contribution in [0.2, 0.25) is 0 Å². The molecule has 18 heavy (non-hydrogen) atoms. The van der Waals surface area contributed by atoms with Gasteiger partial charge in [0.1, 0.15) is 4.88 Å². The summed E-state index contributed by atoms with van der Waals surface area (Å²) < 4.78 is 0. The zero-order valence-corrected chi connectivity index (χ0v) is 10.4. The van der Waals surface area contributed by atoms with Gasteiger partial charge in [0.2, 0.25) is 0 Å². The molecule has 1 fully saturated rings. The Labute approximate surface area is 108 Å². The van der Waals surface area contributed by atoms with Gasteiger partial charge in [0.05, 0.1) is 18.1 Å². The fourth-order valence-electron chi connectivity index (χ4n) is 1.48. The van der Waals surface area contributed by atoms with E-state index in [4.69, 9.17) is 0 Å². The summed E-state index contributed by atoms with van der Waals surface area (Å²) in [4.78, 5) is 20.6. The summed E-state index contributed by atoms with van der Waals surface area (Å²) in [5, 5.41) is 6.75. The SMILES string of the molecule is O=C(NC1CC1)c1cnc(Nc2cccnc2)s1. The predicted molar refractivity (Wildman–Crippen MR) is 70.1 cm³/mol. The first kappa shape index (κ1) is 11.2. The van der Waals surface area contributed by atoms with E-state index in [1.54, 1.807) is 18.6 Å². The third-order valence-electron chi connectivity index (χ3n) is 2.55. The third kappa shape index (κ3) is 2.65. The lowest BCUT2D eigenvalue weighted by Gasteiger charge is -2.00. The average molecular weight is 260 g/mol. The summed E-state index contributed by atoms with van der Waals surface area (Å²) in [6, 6.07) is 4.11. The molecule has 2 aromatic heterocycles. The molecule has 0 aromatic carbocycles. The van der Waals surface area contributed by atoms with Gasteiger partial charge in [0, 0.05) is 12.2 Å². The summed E-state index contributed by atoms with van der Waals surface area (Å²) in [5.41, 5.74) is 0.862. The second-order valence-corrected chi connectivity index (χ2v) is 5.17. The number of thiazole rings is 1. The van der Waals surface area contributed by atoms with Crippen molar-refractivity contribution in [2.24, 2.45) is 0 Å². The van der Waals surface area contributed by atoms with Gasteiger partial charge in [0.25, 0.3) is 5.91 Å². The number of nitrogens with one attached hydrogen (secondary N) is 2. The van der Waals surface area contributed by atoms with Gasteiger partial charge in [-0.2, -0.15) is 0 Å². The number of carbonyl (C=O) groups is 1. The summed E-state index contributed by atoms with van der Waals surface area (Å²) in [7, 11) is 0. The lowest BCUT2D eigenvalue weighted by Crippen LogP contribution is -2.24. The molecule has 0 aliphatic heterocycles. The molecule has 0 spiro atoms. The van der Waals surface area contributed by atoms with Crippen LogP contribution >= 0.6 is 11.3 Å². The molecule has 5 nitrogen and oxygen atoms in total. The van der Waals surface area contributed by atoms with Gasteiger partial charge in [-0.15, -0.1) is 0 Å². The van der Waals surface area contributed by atoms with Gasteiger partial charge in [-0.3, -0.25) is 9.78 Å². The molecule has 1 saturated carbocycles. The standard InChI is InChI=1S/C12H12N4OS/c17-11(15-8-3-4-8)10-7-14-12(18-10)16-9-2-1-5-13-6-9/h1-2,5-8H,3-4H2,(H,14,16)(H,15,17). The second kappa shape index (κ2) is 4.73. The molecule has 92 valence electrons. The quantitative estimate of drug-likeness (QED) is 0.884. The molecule has 1 aliphatic rings. The topological polar surface area (TPSA) is 66.9 Å². The van der Waals surface area contributed by atoms with Crippen LogP contribution in [0.3, 0.4) is 0 Å². The molecule has 3 rings (SSSR count). The number of amides is 1. The van der Waals surface area contributed by atoms with Crippen molar-refractivity contribution >= 4 is 28.1 Å². The Morgan fingerprint density at radius 2 is 2.28 bits per heavy atom. The first-order valence-corrected chi connectivity index (χ1v) is 6.56. The van der Waals surface area contributed by atoms with Gasteiger partial charge >= 0.3 is 0 Å². The molecule has 1 aliphatic carbocycles. The lowest BCUT2D eigenvalue weighted by molar-refractivity contribution is 0.0955. The fourth-order valence-corrected chi connectivity index (χ4v) is 2.22. The molecule has 2 N–H and O–H groups in total. The van der Waals surface area contributed by atoms with Crippen LogP contribution in [-0.4, -0.2) is 21.9 Å². The minimum atomic E-state index is -0.0331. The van der Waals surface area contributed by atoms with E-state index in [0.29, 0.717) is 16.1 Å². The summed E-state index contributed by atoms with van der Waals surface area (Å²) >= 11 is 1.34. The number of rotatable bonds is 4. The Morgan fingerprint density at radius 3 is 3.00 bits per heavy atom. The van der Waals surface area contributed by atoms with Crippen molar-refractivity contribution < 1.29 is 4.79 Å². The molecular formula is C12H12N4OS. The molecule has 0 bridgehead atoms. The van der Waals surface area contributed by atoms with Crippen LogP contribution < -0.4 is 10.6 Å².